The molecule has 0 aliphatic carbocycles. The fraction of sp³-hybridized carbons (Fsp3) is 0.391. The molecule has 0 aromatic heterocycles. The number of carbonyl (C=O) groups is 2. The first kappa shape index (κ1) is 27.1. The van der Waals surface area contributed by atoms with Crippen molar-refractivity contribution in [3.05, 3.63) is 63.6 Å². The van der Waals surface area contributed by atoms with E-state index >= 15 is 0 Å². The molecule has 1 unspecified atom stereocenters. The average Bonchev–Trinajstić information content (AvgIpc) is 2.76. The zero-order valence-electron chi connectivity index (χ0n) is 18.9. The summed E-state index contributed by atoms with van der Waals surface area (Å²) in [6.07, 6.45) is 2.16. The molecule has 2 aromatic carbocycles. The number of halogens is 2. The summed E-state index contributed by atoms with van der Waals surface area (Å²) < 4.78 is 26.9. The highest BCUT2D eigenvalue weighted by atomic mass is 79.9. The molecule has 2 rings (SSSR count). The van der Waals surface area contributed by atoms with Crippen LogP contribution in [-0.4, -0.2) is 50.5 Å². The second kappa shape index (κ2) is 12.4. The third-order valence-electron chi connectivity index (χ3n) is 5.01. The van der Waals surface area contributed by atoms with Gasteiger partial charge in [-0.05, 0) is 42.7 Å². The van der Waals surface area contributed by atoms with E-state index in [-0.39, 0.29) is 12.5 Å². The van der Waals surface area contributed by atoms with E-state index in [4.69, 9.17) is 11.6 Å². The minimum Gasteiger partial charge on any atom is -0.354 e. The summed E-state index contributed by atoms with van der Waals surface area (Å²) >= 11 is 9.66. The van der Waals surface area contributed by atoms with Crippen molar-refractivity contribution in [3.63, 3.8) is 0 Å². The first-order valence-electron chi connectivity index (χ1n) is 10.6. The van der Waals surface area contributed by atoms with Gasteiger partial charge in [-0.3, -0.25) is 13.9 Å². The molecule has 2 aromatic rings. The van der Waals surface area contributed by atoms with Gasteiger partial charge in [0.1, 0.15) is 12.6 Å². The Morgan fingerprint density at radius 3 is 2.39 bits per heavy atom. The minimum absolute atomic E-state index is 0.0760. The van der Waals surface area contributed by atoms with Crippen molar-refractivity contribution in [1.82, 2.24) is 10.2 Å². The van der Waals surface area contributed by atoms with Crippen molar-refractivity contribution in [2.24, 2.45) is 0 Å². The van der Waals surface area contributed by atoms with Crippen LogP contribution in [0.3, 0.4) is 0 Å². The Balaban J connectivity index is 2.44. The van der Waals surface area contributed by atoms with E-state index in [1.54, 1.807) is 48.5 Å². The van der Waals surface area contributed by atoms with Crippen LogP contribution in [0.2, 0.25) is 5.02 Å². The molecular formula is C23H29BrClN3O4S. The van der Waals surface area contributed by atoms with E-state index in [1.165, 1.54) is 4.90 Å². The summed E-state index contributed by atoms with van der Waals surface area (Å²) in [5.74, 6) is -0.785. The second-order valence-corrected chi connectivity index (χ2v) is 10.8. The van der Waals surface area contributed by atoms with Crippen LogP contribution in [0.25, 0.3) is 0 Å². The molecule has 33 heavy (non-hydrogen) atoms. The van der Waals surface area contributed by atoms with Gasteiger partial charge in [-0.2, -0.15) is 0 Å². The molecule has 1 N–H and O–H groups in total. The summed E-state index contributed by atoms with van der Waals surface area (Å²) in [6.45, 7) is 3.86. The molecular weight excluding hydrogens is 530 g/mol. The Hall–Kier alpha value is -2.10. The van der Waals surface area contributed by atoms with E-state index in [0.29, 0.717) is 33.7 Å². The van der Waals surface area contributed by atoms with E-state index in [1.807, 2.05) is 13.8 Å². The number of nitrogens with zero attached hydrogens (tertiary/aromatic N) is 2. The second-order valence-electron chi connectivity index (χ2n) is 7.58. The smallest absolute Gasteiger partial charge is 0.244 e. The standard InChI is InChI=1S/C23H29BrClN3O4S/c1-4-13-26-23(30)21(5-2)27(15-17-9-6-7-12-20(17)25)22(29)16-28(33(3,31)32)19-11-8-10-18(24)14-19/h6-12,14,21H,4-5,13,15-16H2,1-3H3,(H,26,30). The van der Waals surface area contributed by atoms with Crippen molar-refractivity contribution in [2.75, 3.05) is 23.7 Å². The number of amides is 2. The van der Waals surface area contributed by atoms with Crippen LogP contribution in [0.4, 0.5) is 5.69 Å². The SMILES string of the molecule is CCCNC(=O)C(CC)N(Cc1ccccc1Cl)C(=O)CN(c1cccc(Br)c1)S(C)(=O)=O. The summed E-state index contributed by atoms with van der Waals surface area (Å²) in [6, 6.07) is 13.0. The number of anilines is 1. The molecule has 0 fully saturated rings. The predicted molar refractivity (Wildman–Crippen MR) is 136 cm³/mol. The van der Waals surface area contributed by atoms with Crippen LogP contribution in [0.15, 0.2) is 53.0 Å². The van der Waals surface area contributed by atoms with Gasteiger partial charge in [0, 0.05) is 22.6 Å². The number of hydrogen-bond donors (Lipinski definition) is 1. The lowest BCUT2D eigenvalue weighted by atomic mass is 10.1. The number of rotatable bonds is 11. The average molecular weight is 559 g/mol. The lowest BCUT2D eigenvalue weighted by molar-refractivity contribution is -0.140. The lowest BCUT2D eigenvalue weighted by Crippen LogP contribution is -2.52. The molecule has 0 heterocycles. The van der Waals surface area contributed by atoms with E-state index in [0.717, 1.165) is 17.0 Å². The van der Waals surface area contributed by atoms with Crippen LogP contribution in [0, 0.1) is 0 Å². The molecule has 0 radical (unpaired) electrons. The maximum absolute atomic E-state index is 13.5. The van der Waals surface area contributed by atoms with Crippen LogP contribution in [0.1, 0.15) is 32.3 Å². The minimum atomic E-state index is -3.77. The lowest BCUT2D eigenvalue weighted by Gasteiger charge is -2.33. The molecule has 0 saturated carbocycles. The van der Waals surface area contributed by atoms with Crippen LogP contribution < -0.4 is 9.62 Å². The first-order valence-corrected chi connectivity index (χ1v) is 13.6. The van der Waals surface area contributed by atoms with Crippen LogP contribution in [-0.2, 0) is 26.2 Å². The number of carbonyl (C=O) groups excluding carboxylic acids is 2. The predicted octanol–water partition coefficient (Wildman–Crippen LogP) is 4.20. The highest BCUT2D eigenvalue weighted by Gasteiger charge is 2.32. The van der Waals surface area contributed by atoms with Gasteiger partial charge in [0.15, 0.2) is 0 Å². The molecule has 2 amide bonds. The Labute approximate surface area is 209 Å². The van der Waals surface area contributed by atoms with Gasteiger partial charge in [-0.25, -0.2) is 8.42 Å². The monoisotopic (exact) mass is 557 g/mol. The molecule has 180 valence electrons. The van der Waals surface area contributed by atoms with Crippen molar-refractivity contribution in [1.29, 1.82) is 0 Å². The molecule has 0 aliphatic rings. The normalized spacial score (nSPS) is 12.2. The van der Waals surface area contributed by atoms with E-state index < -0.39 is 28.5 Å². The highest BCUT2D eigenvalue weighted by Crippen LogP contribution is 2.24. The van der Waals surface area contributed by atoms with Crippen molar-refractivity contribution < 1.29 is 18.0 Å². The summed E-state index contributed by atoms with van der Waals surface area (Å²) in [7, 11) is -3.77. The molecule has 10 heteroatoms. The summed E-state index contributed by atoms with van der Waals surface area (Å²) in [5.41, 5.74) is 1.02. The fourth-order valence-corrected chi connectivity index (χ4v) is 4.76. The molecule has 1 atom stereocenters. The zero-order valence-corrected chi connectivity index (χ0v) is 22.1. The first-order chi connectivity index (χ1) is 15.6. The molecule has 0 spiro atoms. The van der Waals surface area contributed by atoms with Crippen molar-refractivity contribution >= 4 is 55.1 Å². The van der Waals surface area contributed by atoms with Gasteiger partial charge in [-0.15, -0.1) is 0 Å². The van der Waals surface area contributed by atoms with E-state index in [2.05, 4.69) is 21.2 Å². The molecule has 0 aliphatic heterocycles. The Kier molecular flexibility index (Phi) is 10.2. The molecule has 0 bridgehead atoms. The van der Waals surface area contributed by atoms with Gasteiger partial charge in [0.05, 0.1) is 11.9 Å². The number of benzene rings is 2. The van der Waals surface area contributed by atoms with Crippen molar-refractivity contribution in [3.8, 4) is 0 Å². The number of hydrogen-bond acceptors (Lipinski definition) is 4. The number of sulfonamides is 1. The van der Waals surface area contributed by atoms with Crippen LogP contribution in [0.5, 0.6) is 0 Å². The summed E-state index contributed by atoms with van der Waals surface area (Å²) in [5, 5.41) is 3.30. The largest absolute Gasteiger partial charge is 0.354 e. The fourth-order valence-electron chi connectivity index (χ4n) is 3.34. The van der Waals surface area contributed by atoms with Gasteiger partial charge >= 0.3 is 0 Å². The van der Waals surface area contributed by atoms with Crippen molar-refractivity contribution in [2.45, 2.75) is 39.3 Å². The highest BCUT2D eigenvalue weighted by molar-refractivity contribution is 9.10. The quantitative estimate of drug-likeness (QED) is 0.448. The van der Waals surface area contributed by atoms with Gasteiger partial charge in [0.25, 0.3) is 0 Å². The number of nitrogens with one attached hydrogen (secondary N) is 1. The topological polar surface area (TPSA) is 86.8 Å². The Bertz CT molecular complexity index is 1080. The molecule has 7 nitrogen and oxygen atoms in total. The maximum Gasteiger partial charge on any atom is 0.244 e. The van der Waals surface area contributed by atoms with Gasteiger partial charge in [-0.1, -0.05) is 65.6 Å². The summed E-state index contributed by atoms with van der Waals surface area (Å²) in [4.78, 5) is 27.8. The third-order valence-corrected chi connectivity index (χ3v) is 7.01. The van der Waals surface area contributed by atoms with Gasteiger partial charge in [0.2, 0.25) is 21.8 Å². The zero-order chi connectivity index (χ0) is 24.6. The maximum atomic E-state index is 13.5. The Morgan fingerprint density at radius 2 is 1.82 bits per heavy atom. The van der Waals surface area contributed by atoms with Gasteiger partial charge < -0.3 is 10.2 Å². The molecule has 0 saturated heterocycles. The van der Waals surface area contributed by atoms with E-state index in [9.17, 15) is 18.0 Å². The third kappa shape index (κ3) is 7.72. The van der Waals surface area contributed by atoms with Crippen LogP contribution >= 0.6 is 27.5 Å². The Morgan fingerprint density at radius 1 is 1.12 bits per heavy atom.